The molecule has 0 bridgehead atoms. The van der Waals surface area contributed by atoms with Gasteiger partial charge in [0.25, 0.3) is 0 Å². The zero-order chi connectivity index (χ0) is 15.2. The summed E-state index contributed by atoms with van der Waals surface area (Å²) in [5.74, 6) is 1.96. The number of nitrogens with zero attached hydrogens (tertiary/aromatic N) is 1. The fourth-order valence-corrected chi connectivity index (χ4v) is 3.36. The van der Waals surface area contributed by atoms with Crippen LogP contribution < -0.4 is 9.64 Å². The SMILES string of the molecule is C[C@H]1C[C@H](C)C[NH+](CCCOc2ccccc2[N+](=O)[O-])C1. The van der Waals surface area contributed by atoms with Gasteiger partial charge >= 0.3 is 5.69 Å². The first-order valence-corrected chi connectivity index (χ1v) is 7.76. The van der Waals surface area contributed by atoms with Gasteiger partial charge in [0, 0.05) is 24.3 Å². The Hall–Kier alpha value is -1.62. The summed E-state index contributed by atoms with van der Waals surface area (Å²) in [6.07, 6.45) is 2.26. The highest BCUT2D eigenvalue weighted by atomic mass is 16.6. The molecule has 2 atom stereocenters. The number of benzene rings is 1. The molecular formula is C16H25N2O3+. The number of hydrogen-bond acceptors (Lipinski definition) is 3. The Bertz CT molecular complexity index is 468. The molecule has 0 spiro atoms. The minimum Gasteiger partial charge on any atom is -0.487 e. The minimum absolute atomic E-state index is 0.0464. The lowest BCUT2D eigenvalue weighted by molar-refractivity contribution is -0.912. The fourth-order valence-electron chi connectivity index (χ4n) is 3.36. The first-order valence-electron chi connectivity index (χ1n) is 7.76. The number of ether oxygens (including phenoxy) is 1. The third-order valence-corrected chi connectivity index (χ3v) is 4.07. The molecule has 0 aromatic heterocycles. The summed E-state index contributed by atoms with van der Waals surface area (Å²) in [7, 11) is 0. The van der Waals surface area contributed by atoms with Gasteiger partial charge in [0.15, 0.2) is 5.75 Å². The maximum Gasteiger partial charge on any atom is 0.310 e. The van der Waals surface area contributed by atoms with Gasteiger partial charge in [-0.25, -0.2) is 0 Å². The molecule has 0 amide bonds. The molecule has 116 valence electrons. The summed E-state index contributed by atoms with van der Waals surface area (Å²) in [5, 5.41) is 10.9. The topological polar surface area (TPSA) is 56.8 Å². The van der Waals surface area contributed by atoms with Crippen LogP contribution in [-0.2, 0) is 0 Å². The largest absolute Gasteiger partial charge is 0.487 e. The number of nitro benzene ring substituents is 1. The van der Waals surface area contributed by atoms with E-state index >= 15 is 0 Å². The molecule has 0 aliphatic carbocycles. The van der Waals surface area contributed by atoms with E-state index in [-0.39, 0.29) is 5.69 Å². The molecule has 2 rings (SSSR count). The third-order valence-electron chi connectivity index (χ3n) is 4.07. The molecule has 1 aliphatic rings. The van der Waals surface area contributed by atoms with Gasteiger partial charge in [-0.15, -0.1) is 0 Å². The molecule has 0 radical (unpaired) electrons. The number of nitrogens with one attached hydrogen (secondary N) is 1. The molecule has 1 heterocycles. The average molecular weight is 293 g/mol. The number of likely N-dealkylation sites (tertiary alicyclic amines) is 1. The summed E-state index contributed by atoms with van der Waals surface area (Å²) in [6.45, 7) is 8.72. The van der Waals surface area contributed by atoms with E-state index in [0.717, 1.165) is 24.8 Å². The van der Waals surface area contributed by atoms with Crippen LogP contribution in [0.3, 0.4) is 0 Å². The Labute approximate surface area is 126 Å². The Morgan fingerprint density at radius 3 is 2.62 bits per heavy atom. The van der Waals surface area contributed by atoms with Crippen LogP contribution in [0.4, 0.5) is 5.69 Å². The Kier molecular flexibility index (Phi) is 5.56. The van der Waals surface area contributed by atoms with E-state index in [2.05, 4.69) is 13.8 Å². The molecule has 5 nitrogen and oxygen atoms in total. The number of quaternary nitrogens is 1. The van der Waals surface area contributed by atoms with Crippen molar-refractivity contribution in [3.05, 3.63) is 34.4 Å². The van der Waals surface area contributed by atoms with Gasteiger partial charge < -0.3 is 9.64 Å². The lowest BCUT2D eigenvalue weighted by Gasteiger charge is -2.31. The molecular weight excluding hydrogens is 268 g/mol. The second kappa shape index (κ2) is 7.41. The van der Waals surface area contributed by atoms with Crippen molar-refractivity contribution in [2.24, 2.45) is 11.8 Å². The highest BCUT2D eigenvalue weighted by molar-refractivity contribution is 5.45. The highest BCUT2D eigenvalue weighted by Crippen LogP contribution is 2.25. The molecule has 1 fully saturated rings. The van der Waals surface area contributed by atoms with Crippen LogP contribution in [0.1, 0.15) is 26.7 Å². The lowest BCUT2D eigenvalue weighted by Crippen LogP contribution is -3.14. The summed E-state index contributed by atoms with van der Waals surface area (Å²) < 4.78 is 5.59. The molecule has 1 aromatic rings. The number of piperidine rings is 1. The number of rotatable bonds is 6. The Morgan fingerprint density at radius 1 is 1.29 bits per heavy atom. The van der Waals surface area contributed by atoms with E-state index in [1.807, 2.05) is 0 Å². The second-order valence-corrected chi connectivity index (χ2v) is 6.28. The maximum atomic E-state index is 10.9. The van der Waals surface area contributed by atoms with E-state index in [4.69, 9.17) is 4.74 Å². The van der Waals surface area contributed by atoms with E-state index < -0.39 is 4.92 Å². The van der Waals surface area contributed by atoms with Crippen molar-refractivity contribution in [2.75, 3.05) is 26.2 Å². The molecule has 21 heavy (non-hydrogen) atoms. The molecule has 1 saturated heterocycles. The second-order valence-electron chi connectivity index (χ2n) is 6.28. The highest BCUT2D eigenvalue weighted by Gasteiger charge is 2.24. The van der Waals surface area contributed by atoms with Gasteiger partial charge in [0.1, 0.15) is 0 Å². The predicted molar refractivity (Wildman–Crippen MR) is 81.7 cm³/mol. The van der Waals surface area contributed by atoms with Crippen molar-refractivity contribution in [3.63, 3.8) is 0 Å². The summed E-state index contributed by atoms with van der Waals surface area (Å²) >= 11 is 0. The van der Waals surface area contributed by atoms with Gasteiger partial charge in [-0.1, -0.05) is 26.0 Å². The van der Waals surface area contributed by atoms with E-state index in [1.165, 1.54) is 25.6 Å². The molecule has 1 aliphatic heterocycles. The lowest BCUT2D eigenvalue weighted by atomic mass is 9.92. The van der Waals surface area contributed by atoms with Gasteiger partial charge in [-0.05, 0) is 12.5 Å². The first-order chi connectivity index (χ1) is 10.1. The average Bonchev–Trinajstić information content (AvgIpc) is 2.43. The summed E-state index contributed by atoms with van der Waals surface area (Å²) in [4.78, 5) is 12.1. The van der Waals surface area contributed by atoms with Crippen LogP contribution in [0.2, 0.25) is 0 Å². The van der Waals surface area contributed by atoms with Crippen molar-refractivity contribution >= 4 is 5.69 Å². The molecule has 0 saturated carbocycles. The van der Waals surface area contributed by atoms with E-state index in [1.54, 1.807) is 23.1 Å². The van der Waals surface area contributed by atoms with Crippen molar-refractivity contribution in [3.8, 4) is 5.75 Å². The Morgan fingerprint density at radius 2 is 1.95 bits per heavy atom. The molecule has 1 aromatic carbocycles. The molecule has 0 unspecified atom stereocenters. The van der Waals surface area contributed by atoms with Crippen molar-refractivity contribution in [1.29, 1.82) is 0 Å². The standard InChI is InChI=1S/C16H24N2O3/c1-13-10-14(2)12-17(11-13)8-5-9-21-16-7-4-3-6-15(16)18(19)20/h3-4,6-7,13-14H,5,8-12H2,1-2H3/p+1/t13-,14-/m0/s1. The zero-order valence-corrected chi connectivity index (χ0v) is 12.9. The molecule has 1 N–H and O–H groups in total. The smallest absolute Gasteiger partial charge is 0.310 e. The van der Waals surface area contributed by atoms with Crippen LogP contribution in [0.15, 0.2) is 24.3 Å². The quantitative estimate of drug-likeness (QED) is 0.495. The van der Waals surface area contributed by atoms with Crippen LogP contribution in [0.25, 0.3) is 0 Å². The molecule has 5 heteroatoms. The van der Waals surface area contributed by atoms with Gasteiger partial charge in [0.05, 0.1) is 31.2 Å². The van der Waals surface area contributed by atoms with Crippen LogP contribution >= 0.6 is 0 Å². The normalized spacial score (nSPS) is 25.5. The maximum absolute atomic E-state index is 10.9. The van der Waals surface area contributed by atoms with Gasteiger partial charge in [-0.3, -0.25) is 10.1 Å². The van der Waals surface area contributed by atoms with Crippen LogP contribution in [0, 0.1) is 22.0 Å². The van der Waals surface area contributed by atoms with E-state index in [9.17, 15) is 10.1 Å². The van der Waals surface area contributed by atoms with Crippen molar-refractivity contribution in [1.82, 2.24) is 0 Å². The van der Waals surface area contributed by atoms with Crippen LogP contribution in [0.5, 0.6) is 5.75 Å². The van der Waals surface area contributed by atoms with E-state index in [0.29, 0.717) is 12.4 Å². The number of hydrogen-bond donors (Lipinski definition) is 1. The van der Waals surface area contributed by atoms with Crippen molar-refractivity contribution < 1.29 is 14.6 Å². The predicted octanol–water partition coefficient (Wildman–Crippen LogP) is 1.92. The van der Waals surface area contributed by atoms with Crippen molar-refractivity contribution in [2.45, 2.75) is 26.7 Å². The number of nitro groups is 1. The zero-order valence-electron chi connectivity index (χ0n) is 12.9. The number of para-hydroxylation sites is 2. The summed E-state index contributed by atoms with van der Waals surface area (Å²) in [5.41, 5.74) is 0.0464. The fraction of sp³-hybridized carbons (Fsp3) is 0.625. The van der Waals surface area contributed by atoms with Crippen LogP contribution in [-0.4, -0.2) is 31.2 Å². The summed E-state index contributed by atoms with van der Waals surface area (Å²) in [6, 6.07) is 6.57. The van der Waals surface area contributed by atoms with Gasteiger partial charge in [-0.2, -0.15) is 0 Å². The van der Waals surface area contributed by atoms with Gasteiger partial charge in [0.2, 0.25) is 0 Å². The Balaban J connectivity index is 1.76. The first kappa shape index (κ1) is 15.8. The monoisotopic (exact) mass is 293 g/mol. The third kappa shape index (κ3) is 4.70. The minimum atomic E-state index is -0.394.